The molecule has 2 N–H and O–H groups in total. The quantitative estimate of drug-likeness (QED) is 0.556. The Balaban J connectivity index is 1.54. The summed E-state index contributed by atoms with van der Waals surface area (Å²) in [6.07, 6.45) is 4.14. The Morgan fingerprint density at radius 2 is 2.00 bits per heavy atom. The van der Waals surface area contributed by atoms with Gasteiger partial charge >= 0.3 is 5.97 Å². The average molecular weight is 388 g/mol. The maximum Gasteiger partial charge on any atom is 0.338 e. The summed E-state index contributed by atoms with van der Waals surface area (Å²) in [5.41, 5.74) is 1.34. The molecule has 144 valence electrons. The second kappa shape index (κ2) is 9.53. The van der Waals surface area contributed by atoms with E-state index in [-0.39, 0.29) is 12.0 Å². The molecular formula is C20H25N3O3S. The number of likely N-dealkylation sites (tertiary alicyclic amines) is 1. The van der Waals surface area contributed by atoms with Crippen molar-refractivity contribution in [3.63, 3.8) is 0 Å². The number of ether oxygens (including phenoxy) is 1. The van der Waals surface area contributed by atoms with Gasteiger partial charge < -0.3 is 19.8 Å². The minimum atomic E-state index is -0.323. The van der Waals surface area contributed by atoms with Crippen LogP contribution in [0.5, 0.6) is 0 Å². The number of hydrogen-bond donors (Lipinski definition) is 2. The number of nitrogens with zero attached hydrogens (tertiary/aromatic N) is 1. The van der Waals surface area contributed by atoms with Crippen LogP contribution in [0.15, 0.2) is 47.1 Å². The molecule has 3 rings (SSSR count). The second-order valence-electron chi connectivity index (χ2n) is 6.41. The van der Waals surface area contributed by atoms with E-state index in [1.165, 1.54) is 12.8 Å². The third-order valence-corrected chi connectivity index (χ3v) is 4.81. The average Bonchev–Trinajstić information content (AvgIpc) is 3.37. The van der Waals surface area contributed by atoms with Crippen molar-refractivity contribution in [3.8, 4) is 0 Å². The molecule has 0 saturated carbocycles. The molecule has 2 heterocycles. The molecule has 1 atom stereocenters. The van der Waals surface area contributed by atoms with Gasteiger partial charge in [0.1, 0.15) is 5.76 Å². The summed E-state index contributed by atoms with van der Waals surface area (Å²) in [6, 6.07) is 11.1. The van der Waals surface area contributed by atoms with E-state index in [1.54, 1.807) is 25.3 Å². The van der Waals surface area contributed by atoms with E-state index in [4.69, 9.17) is 21.4 Å². The van der Waals surface area contributed by atoms with Crippen molar-refractivity contribution in [3.05, 3.63) is 54.0 Å². The number of hydrogen-bond acceptors (Lipinski definition) is 5. The number of furan rings is 1. The maximum absolute atomic E-state index is 11.7. The third-order valence-electron chi connectivity index (χ3n) is 4.56. The minimum absolute atomic E-state index is 0.161. The summed E-state index contributed by atoms with van der Waals surface area (Å²) in [5, 5.41) is 6.97. The molecule has 1 saturated heterocycles. The first-order chi connectivity index (χ1) is 13.2. The van der Waals surface area contributed by atoms with Gasteiger partial charge in [0.2, 0.25) is 0 Å². The monoisotopic (exact) mass is 387 g/mol. The molecule has 1 unspecified atom stereocenters. The Morgan fingerprint density at radius 1 is 1.26 bits per heavy atom. The van der Waals surface area contributed by atoms with Crippen molar-refractivity contribution in [1.82, 2.24) is 10.2 Å². The molecule has 7 heteroatoms. The van der Waals surface area contributed by atoms with Gasteiger partial charge in [0, 0.05) is 12.2 Å². The van der Waals surface area contributed by atoms with Crippen molar-refractivity contribution in [1.29, 1.82) is 0 Å². The van der Waals surface area contributed by atoms with Crippen LogP contribution in [0, 0.1) is 0 Å². The molecule has 0 aliphatic carbocycles. The van der Waals surface area contributed by atoms with Gasteiger partial charge in [-0.05, 0) is 81.5 Å². The number of carbonyl (C=O) groups is 1. The zero-order valence-electron chi connectivity index (χ0n) is 15.4. The summed E-state index contributed by atoms with van der Waals surface area (Å²) in [7, 11) is 0. The number of benzene rings is 1. The fraction of sp³-hybridized carbons (Fsp3) is 0.400. The van der Waals surface area contributed by atoms with Gasteiger partial charge in [0.25, 0.3) is 0 Å². The minimum Gasteiger partial charge on any atom is -0.468 e. The summed E-state index contributed by atoms with van der Waals surface area (Å²) >= 11 is 5.42. The van der Waals surface area contributed by atoms with Gasteiger partial charge in [0.15, 0.2) is 5.11 Å². The molecule has 0 amide bonds. The molecule has 2 aromatic rings. The SMILES string of the molecule is CCOC(=O)c1ccc(NC(=S)NCC(c2ccco2)N2CCCC2)cc1. The molecular weight excluding hydrogens is 362 g/mol. The fourth-order valence-corrected chi connectivity index (χ4v) is 3.41. The van der Waals surface area contributed by atoms with Crippen LogP contribution in [-0.4, -0.2) is 42.2 Å². The standard InChI is InChI=1S/C20H25N3O3S/c1-2-25-19(24)15-7-9-16(10-8-15)22-20(27)21-14-17(18-6-5-13-26-18)23-11-3-4-12-23/h5-10,13,17H,2-4,11-12,14H2,1H3,(H2,21,22,27). The number of anilines is 1. The van der Waals surface area contributed by atoms with E-state index in [0.29, 0.717) is 23.8 Å². The molecule has 1 fully saturated rings. The maximum atomic E-state index is 11.7. The van der Waals surface area contributed by atoms with E-state index < -0.39 is 0 Å². The lowest BCUT2D eigenvalue weighted by atomic mass is 10.2. The van der Waals surface area contributed by atoms with Crippen molar-refractivity contribution in [2.24, 2.45) is 0 Å². The first-order valence-electron chi connectivity index (χ1n) is 9.27. The van der Waals surface area contributed by atoms with Gasteiger partial charge in [-0.1, -0.05) is 0 Å². The van der Waals surface area contributed by atoms with Crippen LogP contribution in [0.25, 0.3) is 0 Å². The first kappa shape index (κ1) is 19.4. The number of thiocarbonyl (C=S) groups is 1. The van der Waals surface area contributed by atoms with Crippen LogP contribution >= 0.6 is 12.2 Å². The van der Waals surface area contributed by atoms with E-state index in [1.807, 2.05) is 24.3 Å². The molecule has 1 aliphatic heterocycles. The Bertz CT molecular complexity index is 740. The molecule has 6 nitrogen and oxygen atoms in total. The molecule has 1 aliphatic rings. The van der Waals surface area contributed by atoms with Crippen molar-refractivity contribution in [2.75, 3.05) is 31.6 Å². The zero-order valence-corrected chi connectivity index (χ0v) is 16.3. The summed E-state index contributed by atoms with van der Waals surface area (Å²) in [4.78, 5) is 14.1. The number of esters is 1. The first-order valence-corrected chi connectivity index (χ1v) is 9.67. The predicted octanol–water partition coefficient (Wildman–Crippen LogP) is 3.58. The van der Waals surface area contributed by atoms with Crippen LogP contribution in [-0.2, 0) is 4.74 Å². The lowest BCUT2D eigenvalue weighted by molar-refractivity contribution is 0.0526. The lowest BCUT2D eigenvalue weighted by Crippen LogP contribution is -2.38. The lowest BCUT2D eigenvalue weighted by Gasteiger charge is -2.26. The topological polar surface area (TPSA) is 66.7 Å². The van der Waals surface area contributed by atoms with E-state index in [2.05, 4.69) is 15.5 Å². The van der Waals surface area contributed by atoms with E-state index in [0.717, 1.165) is 24.5 Å². The molecule has 0 bridgehead atoms. The van der Waals surface area contributed by atoms with Gasteiger partial charge in [-0.2, -0.15) is 0 Å². The highest BCUT2D eigenvalue weighted by atomic mass is 32.1. The fourth-order valence-electron chi connectivity index (χ4n) is 3.21. The van der Waals surface area contributed by atoms with Gasteiger partial charge in [0.05, 0.1) is 24.5 Å². The molecule has 1 aromatic heterocycles. The van der Waals surface area contributed by atoms with Crippen LogP contribution in [0.2, 0.25) is 0 Å². The Kier molecular flexibility index (Phi) is 6.84. The zero-order chi connectivity index (χ0) is 19.1. The van der Waals surface area contributed by atoms with E-state index >= 15 is 0 Å². The summed E-state index contributed by atoms with van der Waals surface area (Å²) in [6.45, 7) is 4.96. The second-order valence-corrected chi connectivity index (χ2v) is 6.82. The van der Waals surface area contributed by atoms with Gasteiger partial charge in [-0.15, -0.1) is 0 Å². The normalized spacial score (nSPS) is 15.3. The summed E-state index contributed by atoms with van der Waals surface area (Å²) < 4.78 is 10.6. The molecule has 0 spiro atoms. The number of carbonyl (C=O) groups excluding carboxylic acids is 1. The van der Waals surface area contributed by atoms with E-state index in [9.17, 15) is 4.79 Å². The van der Waals surface area contributed by atoms with Crippen molar-refractivity contribution < 1.29 is 13.9 Å². The smallest absolute Gasteiger partial charge is 0.338 e. The van der Waals surface area contributed by atoms with Crippen LogP contribution < -0.4 is 10.6 Å². The highest BCUT2D eigenvalue weighted by molar-refractivity contribution is 7.80. The van der Waals surface area contributed by atoms with Gasteiger partial charge in [-0.3, -0.25) is 4.90 Å². The van der Waals surface area contributed by atoms with Crippen molar-refractivity contribution >= 4 is 29.0 Å². The van der Waals surface area contributed by atoms with Crippen LogP contribution in [0.3, 0.4) is 0 Å². The largest absolute Gasteiger partial charge is 0.468 e. The van der Waals surface area contributed by atoms with Crippen molar-refractivity contribution in [2.45, 2.75) is 25.8 Å². The Hall–Kier alpha value is -2.38. The Morgan fingerprint density at radius 3 is 2.63 bits per heavy atom. The highest BCUT2D eigenvalue weighted by Gasteiger charge is 2.25. The summed E-state index contributed by atoms with van der Waals surface area (Å²) in [5.74, 6) is 0.627. The number of nitrogens with one attached hydrogen (secondary N) is 2. The number of rotatable bonds is 7. The third kappa shape index (κ3) is 5.30. The van der Waals surface area contributed by atoms with Crippen LogP contribution in [0.1, 0.15) is 41.9 Å². The van der Waals surface area contributed by atoms with Crippen LogP contribution in [0.4, 0.5) is 5.69 Å². The Labute approximate surface area is 164 Å². The molecule has 0 radical (unpaired) electrons. The molecule has 27 heavy (non-hydrogen) atoms. The highest BCUT2D eigenvalue weighted by Crippen LogP contribution is 2.24. The van der Waals surface area contributed by atoms with Gasteiger partial charge in [-0.25, -0.2) is 4.79 Å². The predicted molar refractivity (Wildman–Crippen MR) is 109 cm³/mol. The molecule has 1 aromatic carbocycles.